The molecule has 0 spiro atoms. The molecule has 1 aromatic heterocycles. The monoisotopic (exact) mass is 263 g/mol. The van der Waals surface area contributed by atoms with Gasteiger partial charge in [0, 0.05) is 6.20 Å². The van der Waals surface area contributed by atoms with Gasteiger partial charge in [-0.05, 0) is 30.7 Å². The van der Waals surface area contributed by atoms with Crippen LogP contribution in [-0.4, -0.2) is 10.9 Å². The van der Waals surface area contributed by atoms with Crippen LogP contribution in [0.25, 0.3) is 0 Å². The lowest BCUT2D eigenvalue weighted by molar-refractivity contribution is 0.102. The first-order valence-electron chi connectivity index (χ1n) is 5.47. The van der Waals surface area contributed by atoms with Crippen LogP contribution < -0.4 is 11.1 Å². The number of pyridine rings is 1. The van der Waals surface area contributed by atoms with Crippen molar-refractivity contribution in [2.75, 3.05) is 11.1 Å². The second-order valence-electron chi connectivity index (χ2n) is 3.94. The maximum atomic E-state index is 13.7. The lowest BCUT2D eigenvalue weighted by atomic mass is 10.2. The highest BCUT2D eigenvalue weighted by atomic mass is 19.1. The summed E-state index contributed by atoms with van der Waals surface area (Å²) < 4.78 is 27.2. The van der Waals surface area contributed by atoms with Crippen LogP contribution in [-0.2, 0) is 0 Å². The SMILES string of the molecule is Cc1ccc(F)c(NC(=O)c2cccnc2N)c1F. The van der Waals surface area contributed by atoms with Crippen LogP contribution in [0.3, 0.4) is 0 Å². The highest BCUT2D eigenvalue weighted by Crippen LogP contribution is 2.22. The second kappa shape index (κ2) is 5.01. The smallest absolute Gasteiger partial charge is 0.259 e. The molecule has 0 radical (unpaired) electrons. The number of hydrogen-bond acceptors (Lipinski definition) is 3. The minimum Gasteiger partial charge on any atom is -0.383 e. The van der Waals surface area contributed by atoms with Gasteiger partial charge in [-0.1, -0.05) is 6.07 Å². The number of aromatic nitrogens is 1. The van der Waals surface area contributed by atoms with Crippen LogP contribution in [0.5, 0.6) is 0 Å². The number of nitrogens with one attached hydrogen (secondary N) is 1. The van der Waals surface area contributed by atoms with Crippen LogP contribution >= 0.6 is 0 Å². The van der Waals surface area contributed by atoms with Crippen molar-refractivity contribution in [2.45, 2.75) is 6.92 Å². The number of halogens is 2. The normalized spacial score (nSPS) is 10.3. The van der Waals surface area contributed by atoms with Gasteiger partial charge < -0.3 is 11.1 Å². The van der Waals surface area contributed by atoms with Gasteiger partial charge in [-0.3, -0.25) is 4.79 Å². The van der Waals surface area contributed by atoms with Gasteiger partial charge in [0.25, 0.3) is 5.91 Å². The van der Waals surface area contributed by atoms with E-state index in [1.165, 1.54) is 31.3 Å². The number of carbonyl (C=O) groups is 1. The van der Waals surface area contributed by atoms with E-state index in [-0.39, 0.29) is 16.9 Å². The zero-order chi connectivity index (χ0) is 14.0. The summed E-state index contributed by atoms with van der Waals surface area (Å²) in [6.07, 6.45) is 1.42. The summed E-state index contributed by atoms with van der Waals surface area (Å²) in [5, 5.41) is 2.17. The van der Waals surface area contributed by atoms with Crippen LogP contribution in [0.1, 0.15) is 15.9 Å². The van der Waals surface area contributed by atoms with Gasteiger partial charge in [-0.15, -0.1) is 0 Å². The number of carbonyl (C=O) groups excluding carboxylic acids is 1. The van der Waals surface area contributed by atoms with Crippen molar-refractivity contribution < 1.29 is 13.6 Å². The zero-order valence-electron chi connectivity index (χ0n) is 10.1. The second-order valence-corrected chi connectivity index (χ2v) is 3.94. The molecule has 0 unspecified atom stereocenters. The topological polar surface area (TPSA) is 68.0 Å². The predicted octanol–water partition coefficient (Wildman–Crippen LogP) is 2.50. The van der Waals surface area contributed by atoms with E-state index in [2.05, 4.69) is 10.3 Å². The molecular formula is C13H11F2N3O. The molecule has 0 aliphatic carbocycles. The van der Waals surface area contributed by atoms with Crippen LogP contribution in [0.15, 0.2) is 30.5 Å². The summed E-state index contributed by atoms with van der Waals surface area (Å²) in [6, 6.07) is 5.30. The van der Waals surface area contributed by atoms with Gasteiger partial charge in [0.1, 0.15) is 17.3 Å². The number of nitrogen functional groups attached to an aromatic ring is 1. The van der Waals surface area contributed by atoms with Gasteiger partial charge in [0.05, 0.1) is 5.56 Å². The maximum absolute atomic E-state index is 13.7. The van der Waals surface area contributed by atoms with Gasteiger partial charge in [0.2, 0.25) is 0 Å². The molecule has 98 valence electrons. The first kappa shape index (κ1) is 12.9. The third-order valence-corrected chi connectivity index (χ3v) is 2.61. The largest absolute Gasteiger partial charge is 0.383 e. The van der Waals surface area contributed by atoms with Gasteiger partial charge >= 0.3 is 0 Å². The molecule has 0 saturated carbocycles. The van der Waals surface area contributed by atoms with Crippen molar-refractivity contribution in [1.82, 2.24) is 4.98 Å². The minimum atomic E-state index is -0.848. The molecule has 3 N–H and O–H groups in total. The van der Waals surface area contributed by atoms with Crippen molar-refractivity contribution in [3.63, 3.8) is 0 Å². The average Bonchev–Trinajstić information content (AvgIpc) is 2.39. The van der Waals surface area contributed by atoms with Gasteiger partial charge in [0.15, 0.2) is 5.82 Å². The molecule has 2 aromatic rings. The molecule has 0 atom stereocenters. The maximum Gasteiger partial charge on any atom is 0.259 e. The summed E-state index contributed by atoms with van der Waals surface area (Å²) in [5.41, 5.74) is 5.32. The molecule has 0 aliphatic heterocycles. The Labute approximate surface area is 108 Å². The molecule has 6 heteroatoms. The van der Waals surface area contributed by atoms with Crippen LogP contribution in [0, 0.1) is 18.6 Å². The van der Waals surface area contributed by atoms with E-state index >= 15 is 0 Å². The Bertz CT molecular complexity index is 644. The number of rotatable bonds is 2. The highest BCUT2D eigenvalue weighted by Gasteiger charge is 2.17. The van der Waals surface area contributed by atoms with Gasteiger partial charge in [-0.2, -0.15) is 0 Å². The van der Waals surface area contributed by atoms with E-state index in [9.17, 15) is 13.6 Å². The number of amides is 1. The molecule has 1 aromatic carbocycles. The number of nitrogens with zero attached hydrogens (tertiary/aromatic N) is 1. The average molecular weight is 263 g/mol. The highest BCUT2D eigenvalue weighted by molar-refractivity contribution is 6.07. The summed E-state index contributed by atoms with van der Waals surface area (Å²) in [6.45, 7) is 1.48. The zero-order valence-corrected chi connectivity index (χ0v) is 10.1. The van der Waals surface area contributed by atoms with E-state index in [0.29, 0.717) is 0 Å². The summed E-state index contributed by atoms with van der Waals surface area (Å²) in [4.78, 5) is 15.6. The summed E-state index contributed by atoms with van der Waals surface area (Å²) in [5.74, 6) is -2.38. The lowest BCUT2D eigenvalue weighted by Crippen LogP contribution is -2.17. The quantitative estimate of drug-likeness (QED) is 0.874. The Morgan fingerprint density at radius 2 is 2.05 bits per heavy atom. The number of benzene rings is 1. The van der Waals surface area contributed by atoms with Crippen LogP contribution in [0.4, 0.5) is 20.3 Å². The Kier molecular flexibility index (Phi) is 3.41. The molecule has 0 aliphatic rings. The number of anilines is 2. The fourth-order valence-electron chi connectivity index (χ4n) is 1.56. The summed E-state index contributed by atoms with van der Waals surface area (Å²) >= 11 is 0. The number of nitrogens with two attached hydrogens (primary N) is 1. The molecule has 0 bridgehead atoms. The Morgan fingerprint density at radius 3 is 2.74 bits per heavy atom. The van der Waals surface area contributed by atoms with Gasteiger partial charge in [-0.25, -0.2) is 13.8 Å². The van der Waals surface area contributed by atoms with E-state index in [1.807, 2.05) is 0 Å². The van der Waals surface area contributed by atoms with E-state index in [0.717, 1.165) is 6.07 Å². The van der Waals surface area contributed by atoms with E-state index < -0.39 is 23.2 Å². The molecule has 2 rings (SSSR count). The molecule has 0 saturated heterocycles. The van der Waals surface area contributed by atoms with Crippen molar-refractivity contribution in [3.8, 4) is 0 Å². The molecule has 4 nitrogen and oxygen atoms in total. The van der Waals surface area contributed by atoms with E-state index in [4.69, 9.17) is 5.73 Å². The fourth-order valence-corrected chi connectivity index (χ4v) is 1.56. The van der Waals surface area contributed by atoms with E-state index in [1.54, 1.807) is 0 Å². The molecule has 0 fully saturated rings. The fraction of sp³-hybridized carbons (Fsp3) is 0.0769. The summed E-state index contributed by atoms with van der Waals surface area (Å²) in [7, 11) is 0. The predicted molar refractivity (Wildman–Crippen MR) is 67.7 cm³/mol. The molecule has 19 heavy (non-hydrogen) atoms. The number of hydrogen-bond donors (Lipinski definition) is 2. The minimum absolute atomic E-state index is 0.00605. The van der Waals surface area contributed by atoms with Crippen molar-refractivity contribution in [1.29, 1.82) is 0 Å². The Hall–Kier alpha value is -2.50. The first-order valence-corrected chi connectivity index (χ1v) is 5.47. The standard InChI is InChI=1S/C13H11F2N3O/c1-7-4-5-9(14)11(10(7)15)18-13(19)8-3-2-6-17-12(8)16/h2-6H,1H3,(H2,16,17)(H,18,19). The van der Waals surface area contributed by atoms with Crippen molar-refractivity contribution >= 4 is 17.4 Å². The molecular weight excluding hydrogens is 252 g/mol. The van der Waals surface area contributed by atoms with Crippen molar-refractivity contribution in [2.24, 2.45) is 0 Å². The third kappa shape index (κ3) is 2.52. The lowest BCUT2D eigenvalue weighted by Gasteiger charge is -2.10. The Balaban J connectivity index is 2.35. The molecule has 1 heterocycles. The first-order chi connectivity index (χ1) is 9.00. The molecule has 1 amide bonds. The number of aryl methyl sites for hydroxylation is 1. The van der Waals surface area contributed by atoms with Crippen LogP contribution in [0.2, 0.25) is 0 Å². The van der Waals surface area contributed by atoms with Crippen molar-refractivity contribution in [3.05, 3.63) is 53.2 Å². The Morgan fingerprint density at radius 1 is 1.32 bits per heavy atom. The third-order valence-electron chi connectivity index (χ3n) is 2.61.